The highest BCUT2D eigenvalue weighted by molar-refractivity contribution is 7.09. The molecule has 1 aromatic rings. The van der Waals surface area contributed by atoms with Crippen molar-refractivity contribution in [3.63, 3.8) is 0 Å². The van der Waals surface area contributed by atoms with Gasteiger partial charge in [0.05, 0.1) is 5.01 Å². The summed E-state index contributed by atoms with van der Waals surface area (Å²) in [5.41, 5.74) is 0.562. The lowest BCUT2D eigenvalue weighted by molar-refractivity contribution is 0.160. The molecule has 0 spiro atoms. The van der Waals surface area contributed by atoms with Crippen LogP contribution >= 0.6 is 11.3 Å². The molecular formula is C16H28N2S. The molecule has 0 aromatic carbocycles. The summed E-state index contributed by atoms with van der Waals surface area (Å²) in [5, 5.41) is 7.16. The van der Waals surface area contributed by atoms with Crippen LogP contribution in [0.15, 0.2) is 11.6 Å². The van der Waals surface area contributed by atoms with E-state index in [1.807, 2.05) is 6.20 Å². The third-order valence-corrected chi connectivity index (χ3v) is 5.29. The Labute approximate surface area is 122 Å². The molecule has 1 aliphatic carbocycles. The average Bonchev–Trinajstić information content (AvgIpc) is 2.87. The van der Waals surface area contributed by atoms with Gasteiger partial charge in [0.25, 0.3) is 0 Å². The zero-order chi connectivity index (χ0) is 13.7. The maximum Gasteiger partial charge on any atom is 0.0940 e. The Kier molecular flexibility index (Phi) is 5.40. The molecule has 108 valence electrons. The van der Waals surface area contributed by atoms with E-state index in [4.69, 9.17) is 0 Å². The molecule has 2 nitrogen and oxygen atoms in total. The van der Waals surface area contributed by atoms with Crippen molar-refractivity contribution in [1.29, 1.82) is 0 Å². The van der Waals surface area contributed by atoms with Gasteiger partial charge in [0.1, 0.15) is 0 Å². The van der Waals surface area contributed by atoms with Gasteiger partial charge in [-0.15, -0.1) is 11.3 Å². The van der Waals surface area contributed by atoms with Gasteiger partial charge in [0, 0.05) is 24.0 Å². The number of hydrogen-bond donors (Lipinski definition) is 1. The summed E-state index contributed by atoms with van der Waals surface area (Å²) in [4.78, 5) is 4.47. The topological polar surface area (TPSA) is 24.9 Å². The van der Waals surface area contributed by atoms with Crippen LogP contribution in [0.2, 0.25) is 0 Å². The van der Waals surface area contributed by atoms with E-state index in [0.29, 0.717) is 11.5 Å². The van der Waals surface area contributed by atoms with Crippen molar-refractivity contribution in [3.8, 4) is 0 Å². The molecule has 0 aliphatic heterocycles. The minimum absolute atomic E-state index is 0.562. The summed E-state index contributed by atoms with van der Waals surface area (Å²) in [5.74, 6) is 0.837. The SMILES string of the molecule is CCCNC(Cc1nccs1)C1CCC(C)(C)CC1. The van der Waals surface area contributed by atoms with Gasteiger partial charge in [-0.05, 0) is 50.0 Å². The maximum atomic E-state index is 4.47. The Morgan fingerprint density at radius 1 is 1.42 bits per heavy atom. The van der Waals surface area contributed by atoms with Crippen molar-refractivity contribution in [1.82, 2.24) is 10.3 Å². The molecule has 1 aliphatic rings. The van der Waals surface area contributed by atoms with Gasteiger partial charge in [-0.25, -0.2) is 4.98 Å². The Balaban J connectivity index is 1.93. The van der Waals surface area contributed by atoms with Crippen molar-refractivity contribution in [2.45, 2.75) is 65.3 Å². The number of nitrogens with one attached hydrogen (secondary N) is 1. The second-order valence-corrected chi connectivity index (χ2v) is 7.67. The fraction of sp³-hybridized carbons (Fsp3) is 0.812. The van der Waals surface area contributed by atoms with Crippen molar-refractivity contribution >= 4 is 11.3 Å². The second kappa shape index (κ2) is 6.85. The maximum absolute atomic E-state index is 4.47. The lowest BCUT2D eigenvalue weighted by Gasteiger charge is -2.38. The van der Waals surface area contributed by atoms with E-state index in [0.717, 1.165) is 18.9 Å². The lowest BCUT2D eigenvalue weighted by Crippen LogP contribution is -2.41. The third-order valence-electron chi connectivity index (χ3n) is 4.49. The summed E-state index contributed by atoms with van der Waals surface area (Å²) in [7, 11) is 0. The number of rotatable bonds is 6. The Morgan fingerprint density at radius 2 is 2.16 bits per heavy atom. The van der Waals surface area contributed by atoms with Crippen LogP contribution in [0.5, 0.6) is 0 Å². The van der Waals surface area contributed by atoms with Crippen LogP contribution in [0.25, 0.3) is 0 Å². The summed E-state index contributed by atoms with van der Waals surface area (Å²) in [6.07, 6.45) is 9.76. The monoisotopic (exact) mass is 280 g/mol. The van der Waals surface area contributed by atoms with Crippen molar-refractivity contribution in [2.24, 2.45) is 11.3 Å². The number of aromatic nitrogens is 1. The zero-order valence-electron chi connectivity index (χ0n) is 12.6. The molecule has 1 saturated carbocycles. The first-order chi connectivity index (χ1) is 9.11. The fourth-order valence-corrected chi connectivity index (χ4v) is 3.78. The molecular weight excluding hydrogens is 252 g/mol. The molecule has 1 fully saturated rings. The summed E-state index contributed by atoms with van der Waals surface area (Å²) in [6.45, 7) is 8.21. The van der Waals surface area contributed by atoms with Crippen LogP contribution in [-0.2, 0) is 6.42 Å². The molecule has 0 saturated heterocycles. The highest BCUT2D eigenvalue weighted by Gasteiger charge is 2.31. The standard InChI is InChI=1S/C16H28N2S/c1-4-9-17-14(12-15-18-10-11-19-15)13-5-7-16(2,3)8-6-13/h10-11,13-14,17H,4-9,12H2,1-3H3. The summed E-state index contributed by atoms with van der Waals surface area (Å²) >= 11 is 1.80. The zero-order valence-corrected chi connectivity index (χ0v) is 13.4. The predicted molar refractivity (Wildman–Crippen MR) is 83.6 cm³/mol. The van der Waals surface area contributed by atoms with Crippen molar-refractivity contribution < 1.29 is 0 Å². The molecule has 1 heterocycles. The second-order valence-electron chi connectivity index (χ2n) is 6.69. The number of nitrogens with zero attached hydrogens (tertiary/aromatic N) is 1. The highest BCUT2D eigenvalue weighted by Crippen LogP contribution is 2.39. The van der Waals surface area contributed by atoms with Crippen LogP contribution in [0.1, 0.15) is 57.9 Å². The summed E-state index contributed by atoms with van der Waals surface area (Å²) in [6, 6.07) is 0.627. The van der Waals surface area contributed by atoms with Crippen LogP contribution < -0.4 is 5.32 Å². The molecule has 2 rings (SSSR count). The van der Waals surface area contributed by atoms with E-state index in [2.05, 4.69) is 36.5 Å². The minimum atomic E-state index is 0.562. The number of hydrogen-bond acceptors (Lipinski definition) is 3. The van der Waals surface area contributed by atoms with Gasteiger partial charge < -0.3 is 5.32 Å². The summed E-state index contributed by atoms with van der Waals surface area (Å²) < 4.78 is 0. The van der Waals surface area contributed by atoms with Gasteiger partial charge in [-0.1, -0.05) is 20.8 Å². The van der Waals surface area contributed by atoms with Crippen molar-refractivity contribution in [3.05, 3.63) is 16.6 Å². The predicted octanol–water partition coefficient (Wildman–Crippen LogP) is 4.27. The van der Waals surface area contributed by atoms with Crippen LogP contribution in [0.4, 0.5) is 0 Å². The van der Waals surface area contributed by atoms with Gasteiger partial charge >= 0.3 is 0 Å². The van der Waals surface area contributed by atoms with E-state index < -0.39 is 0 Å². The van der Waals surface area contributed by atoms with Crippen LogP contribution in [0, 0.1) is 11.3 Å². The fourth-order valence-electron chi connectivity index (χ4n) is 3.10. The molecule has 1 atom stereocenters. The Bertz CT molecular complexity index is 349. The van der Waals surface area contributed by atoms with Gasteiger partial charge in [-0.3, -0.25) is 0 Å². The normalized spacial score (nSPS) is 21.4. The highest BCUT2D eigenvalue weighted by atomic mass is 32.1. The molecule has 0 radical (unpaired) electrons. The Morgan fingerprint density at radius 3 is 2.74 bits per heavy atom. The Hall–Kier alpha value is -0.410. The molecule has 3 heteroatoms. The third kappa shape index (κ3) is 4.57. The van der Waals surface area contributed by atoms with E-state index in [-0.39, 0.29) is 0 Å². The first kappa shape index (κ1) is 15.0. The largest absolute Gasteiger partial charge is 0.313 e. The molecule has 1 aromatic heterocycles. The number of thiazole rings is 1. The molecule has 19 heavy (non-hydrogen) atoms. The molecule has 0 bridgehead atoms. The minimum Gasteiger partial charge on any atom is -0.313 e. The molecule has 0 amide bonds. The molecule has 1 unspecified atom stereocenters. The van der Waals surface area contributed by atoms with Crippen LogP contribution in [0.3, 0.4) is 0 Å². The van der Waals surface area contributed by atoms with E-state index in [1.165, 1.54) is 37.1 Å². The van der Waals surface area contributed by atoms with E-state index in [9.17, 15) is 0 Å². The first-order valence-electron chi connectivity index (χ1n) is 7.72. The van der Waals surface area contributed by atoms with Crippen molar-refractivity contribution in [2.75, 3.05) is 6.54 Å². The van der Waals surface area contributed by atoms with Gasteiger partial charge in [0.2, 0.25) is 0 Å². The van der Waals surface area contributed by atoms with Gasteiger partial charge in [-0.2, -0.15) is 0 Å². The molecule has 1 N–H and O–H groups in total. The smallest absolute Gasteiger partial charge is 0.0940 e. The van der Waals surface area contributed by atoms with Crippen LogP contribution in [-0.4, -0.2) is 17.6 Å². The van der Waals surface area contributed by atoms with E-state index >= 15 is 0 Å². The lowest BCUT2D eigenvalue weighted by atomic mass is 9.70. The van der Waals surface area contributed by atoms with E-state index in [1.54, 1.807) is 11.3 Å². The quantitative estimate of drug-likeness (QED) is 0.841. The first-order valence-corrected chi connectivity index (χ1v) is 8.60. The average molecular weight is 280 g/mol. The van der Waals surface area contributed by atoms with Gasteiger partial charge in [0.15, 0.2) is 0 Å².